The molecule has 0 bridgehead atoms. The molecule has 1 fully saturated rings. The molecule has 0 amide bonds. The Bertz CT molecular complexity index is 456. The Hall–Kier alpha value is -1.26. The van der Waals surface area contributed by atoms with Gasteiger partial charge in [0.1, 0.15) is 0 Å². The first-order valence-corrected chi connectivity index (χ1v) is 7.10. The molecule has 1 saturated heterocycles. The zero-order chi connectivity index (χ0) is 13.2. The van der Waals surface area contributed by atoms with Crippen molar-refractivity contribution in [2.75, 3.05) is 19.9 Å². The van der Waals surface area contributed by atoms with Crippen LogP contribution in [0.5, 0.6) is 11.5 Å². The van der Waals surface area contributed by atoms with E-state index in [1.54, 1.807) is 0 Å². The van der Waals surface area contributed by atoms with Crippen LogP contribution in [0, 0.1) is 12.8 Å². The summed E-state index contributed by atoms with van der Waals surface area (Å²) in [5.41, 5.74) is 8.78. The quantitative estimate of drug-likeness (QED) is 0.876. The molecule has 4 nitrogen and oxygen atoms in total. The number of nitrogens with two attached hydrogens (primary N) is 1. The lowest BCUT2D eigenvalue weighted by molar-refractivity contribution is 0.174. The van der Waals surface area contributed by atoms with E-state index in [-0.39, 0.29) is 6.04 Å². The first-order valence-electron chi connectivity index (χ1n) is 7.10. The van der Waals surface area contributed by atoms with Crippen molar-refractivity contribution in [3.8, 4) is 11.5 Å². The minimum Gasteiger partial charge on any atom is -0.454 e. The van der Waals surface area contributed by atoms with E-state index in [0.717, 1.165) is 31.0 Å². The fraction of sp³-hybridized carbons (Fsp3) is 0.600. The SMILES string of the molecule is Cc1cc2c(cc1C(N)CC1CCCNC1)OCO2. The van der Waals surface area contributed by atoms with E-state index in [2.05, 4.69) is 18.3 Å². The Balaban J connectivity index is 1.73. The summed E-state index contributed by atoms with van der Waals surface area (Å²) < 4.78 is 10.8. The topological polar surface area (TPSA) is 56.5 Å². The number of hydrogen-bond donors (Lipinski definition) is 2. The van der Waals surface area contributed by atoms with E-state index >= 15 is 0 Å². The molecule has 2 heterocycles. The molecule has 4 heteroatoms. The molecule has 3 rings (SSSR count). The van der Waals surface area contributed by atoms with Crippen LogP contribution in [0.15, 0.2) is 12.1 Å². The Morgan fingerprint density at radius 1 is 1.37 bits per heavy atom. The summed E-state index contributed by atoms with van der Waals surface area (Å²) in [4.78, 5) is 0. The largest absolute Gasteiger partial charge is 0.454 e. The summed E-state index contributed by atoms with van der Waals surface area (Å²) in [7, 11) is 0. The predicted molar refractivity (Wildman–Crippen MR) is 74.4 cm³/mol. The molecule has 0 saturated carbocycles. The van der Waals surface area contributed by atoms with Crippen LogP contribution in [0.4, 0.5) is 0 Å². The first kappa shape index (κ1) is 12.8. The lowest BCUT2D eigenvalue weighted by Gasteiger charge is -2.26. The highest BCUT2D eigenvalue weighted by atomic mass is 16.7. The van der Waals surface area contributed by atoms with Gasteiger partial charge >= 0.3 is 0 Å². The maximum absolute atomic E-state index is 6.40. The van der Waals surface area contributed by atoms with Crippen molar-refractivity contribution in [3.05, 3.63) is 23.3 Å². The average molecular weight is 262 g/mol. The molecule has 2 unspecified atom stereocenters. The molecule has 0 aliphatic carbocycles. The Kier molecular flexibility index (Phi) is 3.62. The van der Waals surface area contributed by atoms with E-state index in [0.29, 0.717) is 12.7 Å². The molecule has 2 aliphatic rings. The van der Waals surface area contributed by atoms with Gasteiger partial charge in [-0.2, -0.15) is 0 Å². The van der Waals surface area contributed by atoms with Crippen LogP contribution < -0.4 is 20.5 Å². The van der Waals surface area contributed by atoms with Crippen molar-refractivity contribution in [1.82, 2.24) is 5.32 Å². The summed E-state index contributed by atoms with van der Waals surface area (Å²) in [5, 5.41) is 3.45. The highest BCUT2D eigenvalue weighted by molar-refractivity contribution is 5.49. The van der Waals surface area contributed by atoms with Crippen LogP contribution in [0.3, 0.4) is 0 Å². The molecule has 104 valence electrons. The van der Waals surface area contributed by atoms with Gasteiger partial charge in [0.25, 0.3) is 0 Å². The predicted octanol–water partition coefficient (Wildman–Crippen LogP) is 2.11. The highest BCUT2D eigenvalue weighted by Crippen LogP contribution is 2.37. The lowest BCUT2D eigenvalue weighted by atomic mass is 9.88. The van der Waals surface area contributed by atoms with Crippen LogP contribution >= 0.6 is 0 Å². The van der Waals surface area contributed by atoms with E-state index in [1.807, 2.05) is 6.07 Å². The van der Waals surface area contributed by atoms with Crippen molar-refractivity contribution in [1.29, 1.82) is 0 Å². The number of rotatable bonds is 3. The maximum Gasteiger partial charge on any atom is 0.231 e. The zero-order valence-corrected chi connectivity index (χ0v) is 11.4. The van der Waals surface area contributed by atoms with Gasteiger partial charge in [0, 0.05) is 6.04 Å². The summed E-state index contributed by atoms with van der Waals surface area (Å²) >= 11 is 0. The fourth-order valence-corrected chi connectivity index (χ4v) is 3.07. The third kappa shape index (κ3) is 2.69. The minimum atomic E-state index is 0.0828. The van der Waals surface area contributed by atoms with E-state index in [1.165, 1.54) is 24.0 Å². The van der Waals surface area contributed by atoms with Gasteiger partial charge < -0.3 is 20.5 Å². The van der Waals surface area contributed by atoms with E-state index < -0.39 is 0 Å². The van der Waals surface area contributed by atoms with E-state index in [4.69, 9.17) is 15.2 Å². The van der Waals surface area contributed by atoms with Gasteiger partial charge in [0.2, 0.25) is 6.79 Å². The first-order chi connectivity index (χ1) is 9.24. The fourth-order valence-electron chi connectivity index (χ4n) is 3.07. The number of piperidine rings is 1. The Morgan fingerprint density at radius 2 is 2.16 bits per heavy atom. The number of hydrogen-bond acceptors (Lipinski definition) is 4. The molecule has 0 spiro atoms. The van der Waals surface area contributed by atoms with E-state index in [9.17, 15) is 0 Å². The second-order valence-electron chi connectivity index (χ2n) is 5.62. The van der Waals surface area contributed by atoms with Crippen molar-refractivity contribution in [2.24, 2.45) is 11.7 Å². The van der Waals surface area contributed by atoms with Gasteiger partial charge in [-0.3, -0.25) is 0 Å². The number of fused-ring (bicyclic) bond motifs is 1. The molecule has 2 atom stereocenters. The third-order valence-electron chi connectivity index (χ3n) is 4.15. The van der Waals surface area contributed by atoms with Crippen LogP contribution in [0.2, 0.25) is 0 Å². The number of aryl methyl sites for hydroxylation is 1. The average Bonchev–Trinajstić information content (AvgIpc) is 2.86. The highest BCUT2D eigenvalue weighted by Gasteiger charge is 2.22. The second kappa shape index (κ2) is 5.39. The van der Waals surface area contributed by atoms with Crippen molar-refractivity contribution in [3.63, 3.8) is 0 Å². The normalized spacial score (nSPS) is 23.4. The molecular weight excluding hydrogens is 240 g/mol. The van der Waals surface area contributed by atoms with Gasteiger partial charge in [0.15, 0.2) is 11.5 Å². The van der Waals surface area contributed by atoms with Gasteiger partial charge in [-0.15, -0.1) is 0 Å². The molecule has 0 aromatic heterocycles. The lowest BCUT2D eigenvalue weighted by Crippen LogP contribution is -2.32. The monoisotopic (exact) mass is 262 g/mol. The Morgan fingerprint density at radius 3 is 2.89 bits per heavy atom. The number of ether oxygens (including phenoxy) is 2. The summed E-state index contributed by atoms with van der Waals surface area (Å²) in [6.45, 7) is 4.66. The van der Waals surface area contributed by atoms with Crippen LogP contribution in [-0.2, 0) is 0 Å². The van der Waals surface area contributed by atoms with Crippen LogP contribution in [0.1, 0.15) is 36.4 Å². The number of nitrogens with one attached hydrogen (secondary N) is 1. The summed E-state index contributed by atoms with van der Waals surface area (Å²) in [6, 6.07) is 4.18. The van der Waals surface area contributed by atoms with Crippen molar-refractivity contribution >= 4 is 0 Å². The molecule has 1 aromatic rings. The second-order valence-corrected chi connectivity index (χ2v) is 5.62. The van der Waals surface area contributed by atoms with Crippen LogP contribution in [-0.4, -0.2) is 19.9 Å². The van der Waals surface area contributed by atoms with Crippen molar-refractivity contribution < 1.29 is 9.47 Å². The zero-order valence-electron chi connectivity index (χ0n) is 11.4. The molecule has 3 N–H and O–H groups in total. The molecular formula is C15H22N2O2. The van der Waals surface area contributed by atoms with Gasteiger partial charge in [-0.05, 0) is 68.5 Å². The van der Waals surface area contributed by atoms with Gasteiger partial charge in [-0.25, -0.2) is 0 Å². The standard InChI is InChI=1S/C15H22N2O2/c1-10-5-14-15(19-9-18-14)7-12(10)13(16)6-11-3-2-4-17-8-11/h5,7,11,13,17H,2-4,6,8-9,16H2,1H3. The van der Waals surface area contributed by atoms with Gasteiger partial charge in [0.05, 0.1) is 0 Å². The van der Waals surface area contributed by atoms with Crippen molar-refractivity contribution in [2.45, 2.75) is 32.2 Å². The minimum absolute atomic E-state index is 0.0828. The molecule has 1 aromatic carbocycles. The molecule has 0 radical (unpaired) electrons. The van der Waals surface area contributed by atoms with Crippen LogP contribution in [0.25, 0.3) is 0 Å². The van der Waals surface area contributed by atoms with Gasteiger partial charge in [-0.1, -0.05) is 0 Å². The smallest absolute Gasteiger partial charge is 0.231 e. The number of benzene rings is 1. The summed E-state index contributed by atoms with van der Waals surface area (Å²) in [5.74, 6) is 2.36. The summed E-state index contributed by atoms with van der Waals surface area (Å²) in [6.07, 6.45) is 3.58. The molecule has 19 heavy (non-hydrogen) atoms. The molecule has 2 aliphatic heterocycles. The third-order valence-corrected chi connectivity index (χ3v) is 4.15. The maximum atomic E-state index is 6.40. The Labute approximate surface area is 114 Å².